The van der Waals surface area contributed by atoms with Crippen LogP contribution in [0.25, 0.3) is 0 Å². The summed E-state index contributed by atoms with van der Waals surface area (Å²) in [6, 6.07) is 20.3. The number of halogens is 2. The molecule has 5 N–H and O–H groups in total. The van der Waals surface area contributed by atoms with Crippen LogP contribution in [0, 0.1) is 0 Å². The third-order valence-electron chi connectivity index (χ3n) is 14.6. The maximum Gasteiger partial charge on any atom is 0.341 e. The first-order valence-electron chi connectivity index (χ1n) is 27.8. The number of nitrogen functional groups attached to an aromatic ring is 1. The van der Waals surface area contributed by atoms with Crippen molar-refractivity contribution in [3.63, 3.8) is 0 Å². The Morgan fingerprint density at radius 1 is 0.523 bits per heavy atom. The molecule has 6 amide bonds. The number of carbonyl (C=O) groups is 9. The van der Waals surface area contributed by atoms with E-state index >= 15 is 0 Å². The van der Waals surface area contributed by atoms with Crippen molar-refractivity contribution in [1.29, 1.82) is 0 Å². The highest BCUT2D eigenvalue weighted by atomic mass is 35.5. The van der Waals surface area contributed by atoms with Crippen LogP contribution >= 0.6 is 57.2 Å². The molecule has 3 unspecified atom stereocenters. The summed E-state index contributed by atoms with van der Waals surface area (Å²) in [7, 11) is 3.45. The minimum atomic E-state index is -0.992. The van der Waals surface area contributed by atoms with Gasteiger partial charge in [-0.2, -0.15) is 0 Å². The lowest BCUT2D eigenvalue weighted by Crippen LogP contribution is -2.40. The van der Waals surface area contributed by atoms with Crippen molar-refractivity contribution in [2.24, 2.45) is 0 Å². The van der Waals surface area contributed by atoms with Crippen molar-refractivity contribution in [3.05, 3.63) is 154 Å². The standard InChI is InChI=1S/C22H24N2O5S.C21H22N2O5S.C18H16N2O5S.CH2Cl2/c1-22(2,3)29-21(27)17-15-9-12(28-11-16(15)30-18(17)23-4)10-24-19(25)13-7-5-6-8-14(13)20(24)26;1-21(2,3)28-20(26)16-14-8-11(27-10-15(14)29-17(16)22)9-23-18(24)12-6-4-5-7-13(12)19(23)25;1-19-15-14(18(23)24)12-6-9(25-8-13(12)26-15)7-20-16(21)10-4-2-3-5-11(10)17(20)22;2-1-3/h5-8,12,23H,9-11H2,1-4H3;4-7,11H,8-10,22H2,1-3H3;2-5,9,19H,6-8H2,1H3,(H,23,24);1H2. The lowest BCUT2D eigenvalue weighted by Gasteiger charge is -2.27. The molecule has 6 aromatic rings. The van der Waals surface area contributed by atoms with Crippen molar-refractivity contribution in [2.45, 2.75) is 110 Å². The predicted octanol–water partition coefficient (Wildman–Crippen LogP) is 10.2. The van der Waals surface area contributed by atoms with Gasteiger partial charge in [-0.15, -0.1) is 57.2 Å². The number of nitrogens with two attached hydrogens (primary N) is 1. The molecule has 0 radical (unpaired) electrons. The fraction of sp³-hybridized carbons (Fsp3) is 0.371. The molecule has 464 valence electrons. The molecule has 3 atom stereocenters. The number of benzene rings is 3. The van der Waals surface area contributed by atoms with E-state index in [0.29, 0.717) is 80.4 Å². The number of hydrogen-bond acceptors (Lipinski definition) is 20. The van der Waals surface area contributed by atoms with Crippen molar-refractivity contribution >= 4 is 126 Å². The number of aromatic carboxylic acids is 1. The highest BCUT2D eigenvalue weighted by Gasteiger charge is 2.42. The molecular weight excluding hydrogens is 1240 g/mol. The number of alkyl halides is 2. The second kappa shape index (κ2) is 26.7. The Labute approximate surface area is 528 Å². The second-order valence-electron chi connectivity index (χ2n) is 22.8. The summed E-state index contributed by atoms with van der Waals surface area (Å²) in [6.45, 7) is 12.1. The summed E-state index contributed by atoms with van der Waals surface area (Å²) in [4.78, 5) is 119. The molecule has 3 aromatic carbocycles. The van der Waals surface area contributed by atoms with Gasteiger partial charge in [-0.3, -0.25) is 43.5 Å². The van der Waals surface area contributed by atoms with Gasteiger partial charge in [-0.25, -0.2) is 14.4 Å². The molecule has 0 spiro atoms. The van der Waals surface area contributed by atoms with Crippen LogP contribution in [0.1, 0.15) is 166 Å². The number of carbonyl (C=O) groups excluding carboxylic acids is 8. The lowest BCUT2D eigenvalue weighted by molar-refractivity contribution is 0.00293. The van der Waals surface area contributed by atoms with Gasteiger partial charge < -0.3 is 45.2 Å². The second-order valence-corrected chi connectivity index (χ2v) is 26.9. The van der Waals surface area contributed by atoms with Gasteiger partial charge in [-0.05, 0) is 94.6 Å². The minimum Gasteiger partial charge on any atom is -0.478 e. The van der Waals surface area contributed by atoms with Crippen molar-refractivity contribution < 1.29 is 71.9 Å². The number of hydrogen-bond donors (Lipinski definition) is 4. The Bertz CT molecular complexity index is 3680. The molecule has 0 fully saturated rings. The molecule has 6 aliphatic heterocycles. The van der Waals surface area contributed by atoms with Gasteiger partial charge in [-0.1, -0.05) is 36.4 Å². The molecule has 0 saturated carbocycles. The number of carboxylic acid groups (broad SMARTS) is 1. The number of imide groups is 3. The summed E-state index contributed by atoms with van der Waals surface area (Å²) in [6.07, 6.45) is -0.0782. The Morgan fingerprint density at radius 3 is 1.09 bits per heavy atom. The summed E-state index contributed by atoms with van der Waals surface area (Å²) in [5.41, 5.74) is 10.8. The van der Waals surface area contributed by atoms with Gasteiger partial charge in [0, 0.05) is 48.0 Å². The largest absolute Gasteiger partial charge is 0.478 e. The average molecular weight is 1300 g/mol. The van der Waals surface area contributed by atoms with Gasteiger partial charge in [0.15, 0.2) is 0 Å². The number of rotatable bonds is 11. The number of esters is 2. The number of nitrogens with one attached hydrogen (secondary N) is 2. The number of thiophene rings is 3. The molecule has 0 saturated heterocycles. The quantitative estimate of drug-likeness (QED) is 0.0533. The van der Waals surface area contributed by atoms with Crippen LogP contribution in [0.2, 0.25) is 0 Å². The Morgan fingerprint density at radius 2 is 0.795 bits per heavy atom. The first-order valence-corrected chi connectivity index (χ1v) is 31.4. The fourth-order valence-electron chi connectivity index (χ4n) is 10.8. The zero-order chi connectivity index (χ0) is 63.7. The maximum atomic E-state index is 12.9. The number of nitrogens with zero attached hydrogens (tertiary/aromatic N) is 3. The first kappa shape index (κ1) is 64.9. The van der Waals surface area contributed by atoms with E-state index in [0.717, 1.165) is 36.3 Å². The number of ether oxygens (including phenoxy) is 5. The Hall–Kier alpha value is -7.55. The van der Waals surface area contributed by atoms with Gasteiger partial charge >= 0.3 is 17.9 Å². The molecule has 0 bridgehead atoms. The van der Waals surface area contributed by atoms with Crippen LogP contribution in [-0.2, 0) is 62.8 Å². The third kappa shape index (κ3) is 13.5. The summed E-state index contributed by atoms with van der Waals surface area (Å²) >= 11 is 13.7. The van der Waals surface area contributed by atoms with Crippen molar-refractivity contribution in [2.75, 3.05) is 55.4 Å². The van der Waals surface area contributed by atoms with E-state index in [2.05, 4.69) is 10.6 Å². The maximum absolute atomic E-state index is 12.9. The summed E-state index contributed by atoms with van der Waals surface area (Å²) in [5, 5.41) is 17.4. The molecule has 0 aliphatic carbocycles. The summed E-state index contributed by atoms with van der Waals surface area (Å²) < 4.78 is 28.7. The zero-order valence-electron chi connectivity index (χ0n) is 49.3. The smallest absolute Gasteiger partial charge is 0.341 e. The highest BCUT2D eigenvalue weighted by Crippen LogP contribution is 2.42. The van der Waals surface area contributed by atoms with E-state index in [4.69, 9.17) is 52.6 Å². The van der Waals surface area contributed by atoms with E-state index in [-0.39, 0.29) is 91.3 Å². The molecule has 3 aromatic heterocycles. The van der Waals surface area contributed by atoms with Crippen LogP contribution in [-0.4, -0.2) is 142 Å². The Balaban J connectivity index is 0.000000154. The van der Waals surface area contributed by atoms with Crippen LogP contribution in [0.4, 0.5) is 15.0 Å². The van der Waals surface area contributed by atoms with Crippen molar-refractivity contribution in [1.82, 2.24) is 14.7 Å². The van der Waals surface area contributed by atoms with E-state index in [9.17, 15) is 48.3 Å². The zero-order valence-corrected chi connectivity index (χ0v) is 53.3. The van der Waals surface area contributed by atoms with Gasteiger partial charge in [0.05, 0.1) is 113 Å². The van der Waals surface area contributed by atoms with Crippen molar-refractivity contribution in [3.8, 4) is 0 Å². The average Bonchev–Trinajstić information content (AvgIpc) is 1.83. The predicted molar refractivity (Wildman–Crippen MR) is 333 cm³/mol. The van der Waals surface area contributed by atoms with Crippen LogP contribution in [0.5, 0.6) is 0 Å². The molecule has 88 heavy (non-hydrogen) atoms. The number of carboxylic acids is 1. The van der Waals surface area contributed by atoms with E-state index < -0.39 is 35.3 Å². The van der Waals surface area contributed by atoms with Gasteiger partial charge in [0.2, 0.25) is 0 Å². The topological polar surface area (TPSA) is 280 Å². The van der Waals surface area contributed by atoms with Gasteiger partial charge in [0.25, 0.3) is 35.4 Å². The molecular formula is C62H64Cl2N6O15S3. The van der Waals surface area contributed by atoms with Crippen LogP contribution < -0.4 is 16.4 Å². The van der Waals surface area contributed by atoms with E-state index in [1.807, 2.05) is 20.8 Å². The number of fused-ring (bicyclic) bond motifs is 6. The minimum absolute atomic E-state index is 0.107. The lowest BCUT2D eigenvalue weighted by atomic mass is 10.00. The molecule has 9 heterocycles. The number of amides is 6. The Kier molecular flexibility index (Phi) is 19.7. The third-order valence-corrected chi connectivity index (χ3v) is 18.1. The monoisotopic (exact) mass is 1300 g/mol. The van der Waals surface area contributed by atoms with Crippen LogP contribution in [0.15, 0.2) is 72.8 Å². The SMILES string of the molecule is CC(C)(C)OC(=O)c1c(N)sc2c1CC(CN1C(=O)c3ccccc3C1=O)OC2.CNc1sc2c(c1C(=O)O)CC(CN1C(=O)c3ccccc3C1=O)OC2.CNc1sc2c(c1C(=O)OC(C)(C)C)CC(CN1C(=O)c3ccccc3C1=O)OC2.ClCCl. The molecule has 21 nitrogen and oxygen atoms in total. The number of anilines is 3. The summed E-state index contributed by atoms with van der Waals surface area (Å²) in [5.74, 6) is -3.77. The molecule has 12 rings (SSSR count). The normalized spacial score (nSPS) is 18.1. The molecule has 6 aliphatic rings. The molecule has 26 heteroatoms. The fourth-order valence-corrected chi connectivity index (χ4v) is 14.0. The van der Waals surface area contributed by atoms with Gasteiger partial charge in [0.1, 0.15) is 26.2 Å². The highest BCUT2D eigenvalue weighted by molar-refractivity contribution is 7.17. The van der Waals surface area contributed by atoms with E-state index in [1.54, 1.807) is 108 Å². The van der Waals surface area contributed by atoms with Crippen LogP contribution in [0.3, 0.4) is 0 Å². The first-order chi connectivity index (χ1) is 41.8. The van der Waals surface area contributed by atoms with E-state index in [1.165, 1.54) is 48.7 Å².